The van der Waals surface area contributed by atoms with Gasteiger partial charge in [0.25, 0.3) is 0 Å². The van der Waals surface area contributed by atoms with Gasteiger partial charge in [0.15, 0.2) is 0 Å². The van der Waals surface area contributed by atoms with Crippen molar-refractivity contribution in [1.82, 2.24) is 19.8 Å². The summed E-state index contributed by atoms with van der Waals surface area (Å²) in [4.78, 5) is 18.9. The Morgan fingerprint density at radius 3 is 2.73 bits per heavy atom. The summed E-state index contributed by atoms with van der Waals surface area (Å²) in [6.07, 6.45) is 7.12. The van der Waals surface area contributed by atoms with Crippen molar-refractivity contribution in [1.29, 1.82) is 5.26 Å². The SMILES string of the molecule is CC=CN1CCN(c2nc(OCC3(N4CC[C@H](F)C4)CC3)nc3c2CCN(c2cccc(Cl)c2Cl)C3)C[C@@H]1CC#N. The Balaban J connectivity index is 1.29. The van der Waals surface area contributed by atoms with Gasteiger partial charge in [0.1, 0.15) is 18.6 Å². The Hall–Kier alpha value is -2.80. The molecular weight excluding hydrogens is 564 g/mol. The Morgan fingerprint density at radius 2 is 2.00 bits per heavy atom. The molecular formula is C30H36Cl2FN7O. The van der Waals surface area contributed by atoms with E-state index in [0.29, 0.717) is 55.1 Å². The molecule has 2 aromatic rings. The van der Waals surface area contributed by atoms with Crippen molar-refractivity contribution in [2.24, 2.45) is 0 Å². The van der Waals surface area contributed by atoms with E-state index in [1.165, 1.54) is 0 Å². The summed E-state index contributed by atoms with van der Waals surface area (Å²) >= 11 is 12.9. The molecule has 11 heteroatoms. The lowest BCUT2D eigenvalue weighted by Gasteiger charge is -2.42. The van der Waals surface area contributed by atoms with Gasteiger partial charge in [-0.25, -0.2) is 4.39 Å². The number of nitrogens with zero attached hydrogens (tertiary/aromatic N) is 7. The van der Waals surface area contributed by atoms with Gasteiger partial charge in [-0.05, 0) is 50.9 Å². The second kappa shape index (κ2) is 11.8. The summed E-state index contributed by atoms with van der Waals surface area (Å²) in [6, 6.07) is 8.47. The highest BCUT2D eigenvalue weighted by Crippen LogP contribution is 2.44. The normalized spacial score (nSPS) is 24.0. The monoisotopic (exact) mass is 599 g/mol. The van der Waals surface area contributed by atoms with Crippen LogP contribution in [0.25, 0.3) is 0 Å². The van der Waals surface area contributed by atoms with Crippen LogP contribution < -0.4 is 14.5 Å². The number of ether oxygens (including phenoxy) is 1. The number of piperazine rings is 1. The number of allylic oxidation sites excluding steroid dienone is 1. The van der Waals surface area contributed by atoms with Crippen molar-refractivity contribution in [2.75, 3.05) is 55.7 Å². The van der Waals surface area contributed by atoms with Gasteiger partial charge in [0, 0.05) is 44.8 Å². The van der Waals surface area contributed by atoms with Crippen molar-refractivity contribution in [3.05, 3.63) is 51.8 Å². The molecule has 218 valence electrons. The summed E-state index contributed by atoms with van der Waals surface area (Å²) in [7, 11) is 0. The van der Waals surface area contributed by atoms with Crippen LogP contribution in [0.1, 0.15) is 43.9 Å². The lowest BCUT2D eigenvalue weighted by Crippen LogP contribution is -2.51. The third-order valence-corrected chi connectivity index (χ3v) is 9.70. The minimum absolute atomic E-state index is 0.0730. The van der Waals surface area contributed by atoms with E-state index in [9.17, 15) is 9.65 Å². The average molecular weight is 601 g/mol. The van der Waals surface area contributed by atoms with Gasteiger partial charge in [-0.1, -0.05) is 35.3 Å². The van der Waals surface area contributed by atoms with Crippen LogP contribution in [0.5, 0.6) is 6.01 Å². The number of alkyl halides is 1. The number of hydrogen-bond donors (Lipinski definition) is 0. The molecule has 4 heterocycles. The molecule has 6 rings (SSSR count). The Kier molecular flexibility index (Phi) is 8.17. The number of rotatable bonds is 8. The van der Waals surface area contributed by atoms with Crippen LogP contribution in [0.2, 0.25) is 10.0 Å². The minimum Gasteiger partial charge on any atom is -0.461 e. The third kappa shape index (κ3) is 5.79. The first kappa shape index (κ1) is 28.3. The molecule has 0 unspecified atom stereocenters. The molecule has 1 saturated carbocycles. The number of anilines is 2. The lowest BCUT2D eigenvalue weighted by atomic mass is 10.0. The molecule has 1 aromatic heterocycles. The standard InChI is InChI=1S/C30H36Cl2FN7O/c1-2-12-37-15-16-39(18-22(37)6-11-34)28-23-8-13-38(26-5-3-4-24(31)27(26)32)19-25(23)35-29(36-28)41-20-30(9-10-30)40-14-7-21(33)17-40/h2-5,12,21-22H,6-10,13-20H2,1H3/t21-,22-/m0/s1. The number of benzene rings is 1. The van der Waals surface area contributed by atoms with E-state index in [4.69, 9.17) is 37.9 Å². The number of nitriles is 1. The number of aromatic nitrogens is 2. The minimum atomic E-state index is -0.758. The van der Waals surface area contributed by atoms with E-state index in [1.54, 1.807) is 6.07 Å². The second-order valence-corrected chi connectivity index (χ2v) is 12.3. The molecule has 41 heavy (non-hydrogen) atoms. The first-order chi connectivity index (χ1) is 19.9. The van der Waals surface area contributed by atoms with Crippen LogP contribution >= 0.6 is 23.2 Å². The van der Waals surface area contributed by atoms with Crippen LogP contribution in [-0.2, 0) is 13.0 Å². The maximum absolute atomic E-state index is 14.0. The van der Waals surface area contributed by atoms with Gasteiger partial charge in [0.2, 0.25) is 0 Å². The lowest BCUT2D eigenvalue weighted by molar-refractivity contribution is 0.127. The molecule has 2 atom stereocenters. The molecule has 0 amide bonds. The fourth-order valence-electron chi connectivity index (χ4n) is 6.44. The van der Waals surface area contributed by atoms with Gasteiger partial charge in [-0.15, -0.1) is 0 Å². The van der Waals surface area contributed by atoms with Gasteiger partial charge >= 0.3 is 6.01 Å². The molecule has 0 spiro atoms. The van der Waals surface area contributed by atoms with Crippen molar-refractivity contribution in [2.45, 2.75) is 63.3 Å². The highest BCUT2D eigenvalue weighted by Gasteiger charge is 2.51. The van der Waals surface area contributed by atoms with E-state index in [2.05, 4.69) is 31.9 Å². The van der Waals surface area contributed by atoms with Gasteiger partial charge in [-0.2, -0.15) is 15.2 Å². The van der Waals surface area contributed by atoms with Crippen LogP contribution in [0, 0.1) is 11.3 Å². The molecule has 3 aliphatic heterocycles. The summed E-state index contributed by atoms with van der Waals surface area (Å²) < 4.78 is 20.3. The number of halogens is 3. The second-order valence-electron chi connectivity index (χ2n) is 11.5. The van der Waals surface area contributed by atoms with E-state index < -0.39 is 6.17 Å². The molecule has 3 fully saturated rings. The predicted molar refractivity (Wildman–Crippen MR) is 160 cm³/mol. The number of fused-ring (bicyclic) bond motifs is 1. The zero-order valence-electron chi connectivity index (χ0n) is 23.4. The van der Waals surface area contributed by atoms with Crippen LogP contribution in [0.4, 0.5) is 15.9 Å². The first-order valence-corrected chi connectivity index (χ1v) is 15.3. The zero-order valence-corrected chi connectivity index (χ0v) is 24.9. The van der Waals surface area contributed by atoms with Crippen molar-refractivity contribution in [3.63, 3.8) is 0 Å². The number of likely N-dealkylation sites (tertiary alicyclic amines) is 1. The van der Waals surface area contributed by atoms with Crippen LogP contribution in [0.15, 0.2) is 30.5 Å². The molecule has 1 aliphatic carbocycles. The van der Waals surface area contributed by atoms with Crippen molar-refractivity contribution >= 4 is 34.7 Å². The Bertz CT molecular complexity index is 1350. The van der Waals surface area contributed by atoms with Crippen LogP contribution in [-0.4, -0.2) is 83.4 Å². The molecule has 0 N–H and O–H groups in total. The fraction of sp³-hybridized carbons (Fsp3) is 0.567. The molecule has 2 saturated heterocycles. The molecule has 1 aromatic carbocycles. The highest BCUT2D eigenvalue weighted by atomic mass is 35.5. The van der Waals surface area contributed by atoms with E-state index >= 15 is 0 Å². The summed E-state index contributed by atoms with van der Waals surface area (Å²) in [6.45, 7) is 7.30. The first-order valence-electron chi connectivity index (χ1n) is 14.5. The highest BCUT2D eigenvalue weighted by molar-refractivity contribution is 6.43. The Labute approximate surface area is 251 Å². The summed E-state index contributed by atoms with van der Waals surface area (Å²) in [5.41, 5.74) is 2.79. The van der Waals surface area contributed by atoms with Crippen molar-refractivity contribution in [3.8, 4) is 12.1 Å². The third-order valence-electron chi connectivity index (χ3n) is 8.89. The van der Waals surface area contributed by atoms with Crippen molar-refractivity contribution < 1.29 is 9.13 Å². The summed E-state index contributed by atoms with van der Waals surface area (Å²) in [5, 5.41) is 10.6. The van der Waals surface area contributed by atoms with Crippen LogP contribution in [0.3, 0.4) is 0 Å². The number of hydrogen-bond acceptors (Lipinski definition) is 8. The largest absolute Gasteiger partial charge is 0.461 e. The average Bonchev–Trinajstić information content (AvgIpc) is 3.64. The predicted octanol–water partition coefficient (Wildman–Crippen LogP) is 5.24. The molecule has 0 radical (unpaired) electrons. The fourth-order valence-corrected chi connectivity index (χ4v) is 6.85. The van der Waals surface area contributed by atoms with E-state index in [-0.39, 0.29) is 11.6 Å². The molecule has 8 nitrogen and oxygen atoms in total. The smallest absolute Gasteiger partial charge is 0.318 e. The molecule has 0 bridgehead atoms. The molecule has 4 aliphatic rings. The van der Waals surface area contributed by atoms with Gasteiger partial charge in [0.05, 0.1) is 52.0 Å². The summed E-state index contributed by atoms with van der Waals surface area (Å²) in [5.74, 6) is 0.889. The van der Waals surface area contributed by atoms with E-state index in [0.717, 1.165) is 68.2 Å². The van der Waals surface area contributed by atoms with E-state index in [1.807, 2.05) is 25.1 Å². The zero-order chi connectivity index (χ0) is 28.6. The maximum Gasteiger partial charge on any atom is 0.318 e. The maximum atomic E-state index is 14.0. The topological polar surface area (TPSA) is 71.8 Å². The quantitative estimate of drug-likeness (QED) is 0.408. The van der Waals surface area contributed by atoms with Gasteiger partial charge in [-0.3, -0.25) is 4.90 Å². The van der Waals surface area contributed by atoms with Gasteiger partial charge < -0.3 is 19.4 Å². The Morgan fingerprint density at radius 1 is 1.15 bits per heavy atom.